The molecule has 3 heterocycles. The number of nitriles is 1. The van der Waals surface area contributed by atoms with E-state index in [2.05, 4.69) is 12.6 Å². The Morgan fingerprint density at radius 1 is 1.29 bits per heavy atom. The fourth-order valence-corrected chi connectivity index (χ4v) is 5.92. The zero-order valence-electron chi connectivity index (χ0n) is 18.2. The first kappa shape index (κ1) is 22.3. The molecule has 1 atom stereocenters. The predicted molar refractivity (Wildman–Crippen MR) is 133 cm³/mol. The normalized spacial score (nSPS) is 17.8. The number of fused-ring (bicyclic) bond motifs is 3. The lowest BCUT2D eigenvalue weighted by Gasteiger charge is -2.42. The van der Waals surface area contributed by atoms with E-state index >= 15 is 0 Å². The van der Waals surface area contributed by atoms with E-state index < -0.39 is 0 Å². The van der Waals surface area contributed by atoms with Gasteiger partial charge in [0.05, 0.1) is 23.8 Å². The fourth-order valence-electron chi connectivity index (χ4n) is 4.71. The number of anilines is 1. The van der Waals surface area contributed by atoms with Crippen LogP contribution < -0.4 is 10.5 Å². The van der Waals surface area contributed by atoms with Crippen LogP contribution in [0.15, 0.2) is 43.0 Å². The predicted octanol–water partition coefficient (Wildman–Crippen LogP) is 4.30. The maximum absolute atomic E-state index is 13.5. The Labute approximate surface area is 205 Å². The zero-order valence-corrected chi connectivity index (χ0v) is 19.8. The fraction of sp³-hybridized carbons (Fsp3) is 0.240. The lowest BCUT2D eigenvalue weighted by molar-refractivity contribution is -0.128. The van der Waals surface area contributed by atoms with Crippen LogP contribution in [0, 0.1) is 11.3 Å². The number of carbonyl (C=O) groups excluding carboxylic acids is 2. The summed E-state index contributed by atoms with van der Waals surface area (Å²) in [5.41, 5.74) is 8.32. The maximum atomic E-state index is 13.5. The van der Waals surface area contributed by atoms with E-state index in [0.29, 0.717) is 65.1 Å². The quantitative estimate of drug-likeness (QED) is 0.538. The Morgan fingerprint density at radius 3 is 2.88 bits per heavy atom. The molecule has 0 bridgehead atoms. The molecular weight excluding hydrogens is 472 g/mol. The number of nitrogens with zero attached hydrogens (tertiary/aromatic N) is 3. The molecule has 2 N–H and O–H groups in total. The van der Waals surface area contributed by atoms with Gasteiger partial charge in [0.1, 0.15) is 16.8 Å². The molecular formula is C25H21ClN4O3S. The summed E-state index contributed by atoms with van der Waals surface area (Å²) in [6, 6.07) is 11.2. The average molecular weight is 493 g/mol. The van der Waals surface area contributed by atoms with Crippen molar-refractivity contribution >= 4 is 49.8 Å². The number of hydrogen-bond acceptors (Lipinski definition) is 6. The van der Waals surface area contributed by atoms with E-state index in [-0.39, 0.29) is 17.9 Å². The largest absolute Gasteiger partial charge is 0.493 e. The van der Waals surface area contributed by atoms with Gasteiger partial charge >= 0.3 is 0 Å². The summed E-state index contributed by atoms with van der Waals surface area (Å²) in [6.45, 7) is 5.27. The Morgan fingerprint density at radius 2 is 2.12 bits per heavy atom. The molecule has 34 heavy (non-hydrogen) atoms. The highest BCUT2D eigenvalue weighted by Crippen LogP contribution is 2.43. The summed E-state index contributed by atoms with van der Waals surface area (Å²) in [5.74, 6) is 0.142. The smallest absolute Gasteiger partial charge is 0.258 e. The minimum atomic E-state index is -0.172. The highest BCUT2D eigenvalue weighted by atomic mass is 35.5. The van der Waals surface area contributed by atoms with Crippen LogP contribution in [0.1, 0.15) is 22.3 Å². The molecule has 2 amide bonds. The number of piperazine rings is 1. The van der Waals surface area contributed by atoms with Gasteiger partial charge in [0.15, 0.2) is 0 Å². The van der Waals surface area contributed by atoms with Crippen molar-refractivity contribution in [2.45, 2.75) is 12.5 Å². The number of amides is 2. The van der Waals surface area contributed by atoms with Gasteiger partial charge in [0.25, 0.3) is 5.91 Å². The van der Waals surface area contributed by atoms with Crippen molar-refractivity contribution in [3.63, 3.8) is 0 Å². The van der Waals surface area contributed by atoms with Gasteiger partial charge < -0.3 is 20.3 Å². The third kappa shape index (κ3) is 3.58. The highest BCUT2D eigenvalue weighted by Gasteiger charge is 2.35. The highest BCUT2D eigenvalue weighted by molar-refractivity contribution is 7.23. The first-order valence-electron chi connectivity index (χ1n) is 10.8. The summed E-state index contributed by atoms with van der Waals surface area (Å²) < 4.78 is 6.93. The van der Waals surface area contributed by atoms with E-state index in [1.165, 1.54) is 17.4 Å². The molecule has 7 nitrogen and oxygen atoms in total. The molecule has 5 rings (SSSR count). The number of nitrogen functional groups attached to an aromatic ring is 1. The number of carbonyl (C=O) groups is 2. The first-order valence-corrected chi connectivity index (χ1v) is 12.0. The SMILES string of the molecule is C=CC(=O)N1CCN2C(=O)c3cc(Cl)c(-c4cccc5sc(N)c(C#N)c45)cc3OCC[C@H]2C1. The lowest BCUT2D eigenvalue weighted by atomic mass is 9.96. The Bertz CT molecular complexity index is 1390. The minimum Gasteiger partial charge on any atom is -0.493 e. The van der Waals surface area contributed by atoms with E-state index in [1.54, 1.807) is 21.9 Å². The molecule has 0 aliphatic carbocycles. The van der Waals surface area contributed by atoms with Crippen LogP contribution >= 0.6 is 22.9 Å². The Kier molecular flexibility index (Phi) is 5.68. The van der Waals surface area contributed by atoms with Crippen LogP contribution in [-0.4, -0.2) is 53.9 Å². The third-order valence-electron chi connectivity index (χ3n) is 6.38. The maximum Gasteiger partial charge on any atom is 0.258 e. The summed E-state index contributed by atoms with van der Waals surface area (Å²) >= 11 is 8.07. The zero-order chi connectivity index (χ0) is 24.0. The van der Waals surface area contributed by atoms with Crippen molar-refractivity contribution < 1.29 is 14.3 Å². The van der Waals surface area contributed by atoms with Crippen molar-refractivity contribution in [1.82, 2.24) is 9.80 Å². The molecule has 2 aliphatic heterocycles. The van der Waals surface area contributed by atoms with E-state index in [0.717, 1.165) is 15.6 Å². The van der Waals surface area contributed by atoms with Crippen molar-refractivity contribution in [3.05, 3.63) is 59.1 Å². The molecule has 2 aromatic carbocycles. The first-order chi connectivity index (χ1) is 16.4. The third-order valence-corrected chi connectivity index (χ3v) is 7.68. The number of ether oxygens (including phenoxy) is 1. The van der Waals surface area contributed by atoms with Gasteiger partial charge in [-0.15, -0.1) is 11.3 Å². The van der Waals surface area contributed by atoms with Crippen LogP contribution in [0.25, 0.3) is 21.2 Å². The minimum absolute atomic E-state index is 0.136. The summed E-state index contributed by atoms with van der Waals surface area (Å²) in [4.78, 5) is 29.1. The molecule has 0 spiro atoms. The van der Waals surface area contributed by atoms with Crippen molar-refractivity contribution in [2.75, 3.05) is 32.0 Å². The summed E-state index contributed by atoms with van der Waals surface area (Å²) in [5, 5.41) is 11.2. The standard InChI is InChI=1S/C25H21ClN4O3S/c1-2-22(31)29-7-8-30-14(13-29)6-9-33-20-11-16(19(26)10-17(20)25(30)32)15-4-3-5-21-23(15)18(12-27)24(28)34-21/h2-5,10-11,14H,1,6-9,13,28H2/t14-/m0/s1. The van der Waals surface area contributed by atoms with Crippen molar-refractivity contribution in [3.8, 4) is 22.9 Å². The number of hydrogen-bond donors (Lipinski definition) is 1. The number of rotatable bonds is 2. The van der Waals surface area contributed by atoms with Crippen molar-refractivity contribution in [1.29, 1.82) is 5.26 Å². The van der Waals surface area contributed by atoms with E-state index in [1.807, 2.05) is 18.2 Å². The number of halogens is 1. The van der Waals surface area contributed by atoms with Crippen LogP contribution in [0.3, 0.4) is 0 Å². The van der Waals surface area contributed by atoms with Crippen LogP contribution in [-0.2, 0) is 4.79 Å². The second-order valence-corrected chi connectivity index (χ2v) is 9.73. The molecule has 1 fully saturated rings. The molecule has 2 aliphatic rings. The number of thiophene rings is 1. The van der Waals surface area contributed by atoms with Crippen LogP contribution in [0.4, 0.5) is 5.00 Å². The molecule has 1 saturated heterocycles. The van der Waals surface area contributed by atoms with Gasteiger partial charge in [-0.2, -0.15) is 5.26 Å². The van der Waals surface area contributed by atoms with Gasteiger partial charge in [0.2, 0.25) is 5.91 Å². The molecule has 1 aromatic heterocycles. The Balaban J connectivity index is 1.56. The van der Waals surface area contributed by atoms with Gasteiger partial charge in [-0.1, -0.05) is 30.3 Å². The molecule has 0 unspecified atom stereocenters. The van der Waals surface area contributed by atoms with Crippen LogP contribution in [0.2, 0.25) is 5.02 Å². The summed E-state index contributed by atoms with van der Waals surface area (Å²) in [6.07, 6.45) is 1.90. The Hall–Kier alpha value is -3.54. The van der Waals surface area contributed by atoms with E-state index in [9.17, 15) is 14.9 Å². The average Bonchev–Trinajstić information content (AvgIpc) is 3.17. The van der Waals surface area contributed by atoms with Gasteiger partial charge in [-0.3, -0.25) is 9.59 Å². The molecule has 9 heteroatoms. The van der Waals surface area contributed by atoms with Crippen molar-refractivity contribution in [2.24, 2.45) is 0 Å². The lowest BCUT2D eigenvalue weighted by Crippen LogP contribution is -2.57. The van der Waals surface area contributed by atoms with E-state index in [4.69, 9.17) is 22.1 Å². The topological polar surface area (TPSA) is 99.7 Å². The monoisotopic (exact) mass is 492 g/mol. The summed E-state index contributed by atoms with van der Waals surface area (Å²) in [7, 11) is 0. The molecule has 172 valence electrons. The molecule has 0 radical (unpaired) electrons. The molecule has 3 aromatic rings. The van der Waals surface area contributed by atoms with Gasteiger partial charge in [0, 0.05) is 46.7 Å². The second-order valence-electron chi connectivity index (χ2n) is 8.24. The van der Waals surface area contributed by atoms with Gasteiger partial charge in [-0.05, 0) is 29.8 Å². The second kappa shape index (κ2) is 8.67. The number of benzene rings is 2. The molecule has 0 saturated carbocycles. The van der Waals surface area contributed by atoms with Gasteiger partial charge in [-0.25, -0.2) is 0 Å². The van der Waals surface area contributed by atoms with Crippen LogP contribution in [0.5, 0.6) is 5.75 Å². The number of nitrogens with two attached hydrogens (primary N) is 1.